The molecule has 1 saturated carbocycles. The molecule has 1 aromatic rings. The maximum absolute atomic E-state index is 11.9. The summed E-state index contributed by atoms with van der Waals surface area (Å²) < 4.78 is 6.54. The topological polar surface area (TPSA) is 76.4 Å². The van der Waals surface area contributed by atoms with Gasteiger partial charge in [0, 0.05) is 18.6 Å². The number of anilines is 1. The van der Waals surface area contributed by atoms with Crippen molar-refractivity contribution < 1.29 is 9.84 Å². The van der Waals surface area contributed by atoms with E-state index in [2.05, 4.69) is 24.3 Å². The van der Waals surface area contributed by atoms with Crippen molar-refractivity contribution in [3.8, 4) is 0 Å². The lowest BCUT2D eigenvalue weighted by atomic mass is 9.64. The first-order valence-corrected chi connectivity index (χ1v) is 6.95. The second-order valence-electron chi connectivity index (χ2n) is 5.60. The van der Waals surface area contributed by atoms with Crippen LogP contribution in [-0.2, 0) is 11.3 Å². The number of aliphatic hydroxyl groups excluding tert-OH is 1. The number of ether oxygens (including phenoxy) is 1. The molecule has 2 atom stereocenters. The highest BCUT2D eigenvalue weighted by atomic mass is 35.5. The molecular weight excluding hydrogens is 282 g/mol. The molecule has 112 valence electrons. The van der Waals surface area contributed by atoms with Crippen LogP contribution in [0.15, 0.2) is 11.0 Å². The Hall–Kier alpha value is -1.11. The second kappa shape index (κ2) is 5.71. The predicted molar refractivity (Wildman–Crippen MR) is 77.2 cm³/mol. The number of hydrogen-bond acceptors (Lipinski definition) is 5. The van der Waals surface area contributed by atoms with Crippen LogP contribution in [0.1, 0.15) is 20.3 Å². The fraction of sp³-hybridized carbons (Fsp3) is 0.692. The maximum atomic E-state index is 11.9. The van der Waals surface area contributed by atoms with Gasteiger partial charge in [0.2, 0.25) is 0 Å². The van der Waals surface area contributed by atoms with E-state index in [0.717, 1.165) is 11.1 Å². The van der Waals surface area contributed by atoms with Gasteiger partial charge < -0.3 is 15.2 Å². The minimum Gasteiger partial charge on any atom is -0.394 e. The number of rotatable bonds is 5. The Morgan fingerprint density at radius 3 is 2.90 bits per heavy atom. The first-order chi connectivity index (χ1) is 9.41. The van der Waals surface area contributed by atoms with E-state index in [1.54, 1.807) is 7.11 Å². The number of nitrogens with zero attached hydrogens (tertiary/aromatic N) is 2. The molecule has 2 unspecified atom stereocenters. The molecule has 2 N–H and O–H groups in total. The molecule has 0 spiro atoms. The van der Waals surface area contributed by atoms with Crippen LogP contribution >= 0.6 is 11.6 Å². The molecule has 20 heavy (non-hydrogen) atoms. The third kappa shape index (κ3) is 2.55. The van der Waals surface area contributed by atoms with E-state index in [4.69, 9.17) is 21.4 Å². The van der Waals surface area contributed by atoms with Crippen molar-refractivity contribution in [2.45, 2.75) is 39.0 Å². The van der Waals surface area contributed by atoms with E-state index in [1.165, 1.54) is 6.20 Å². The molecular formula is C13H20ClN3O3. The quantitative estimate of drug-likeness (QED) is 0.852. The van der Waals surface area contributed by atoms with E-state index < -0.39 is 5.56 Å². The van der Waals surface area contributed by atoms with E-state index in [-0.39, 0.29) is 35.7 Å². The number of aliphatic hydroxyl groups is 1. The van der Waals surface area contributed by atoms with Crippen LogP contribution in [0.25, 0.3) is 0 Å². The van der Waals surface area contributed by atoms with Crippen LogP contribution in [0.2, 0.25) is 5.02 Å². The van der Waals surface area contributed by atoms with Gasteiger partial charge in [0.15, 0.2) is 0 Å². The maximum Gasteiger partial charge on any atom is 0.287 e. The van der Waals surface area contributed by atoms with E-state index in [1.807, 2.05) is 0 Å². The summed E-state index contributed by atoms with van der Waals surface area (Å²) in [7, 11) is 1.70. The van der Waals surface area contributed by atoms with Crippen LogP contribution in [0, 0.1) is 5.41 Å². The largest absolute Gasteiger partial charge is 0.394 e. The Morgan fingerprint density at radius 2 is 2.35 bits per heavy atom. The summed E-state index contributed by atoms with van der Waals surface area (Å²) in [6, 6.07) is 0.180. The molecule has 0 radical (unpaired) electrons. The molecule has 0 aliphatic heterocycles. The SMILES string of the molecule is COC1CC(Nc2cnn(CCO)c(=O)c2Cl)C1(C)C. The monoisotopic (exact) mass is 301 g/mol. The molecule has 1 heterocycles. The highest BCUT2D eigenvalue weighted by molar-refractivity contribution is 6.32. The van der Waals surface area contributed by atoms with Gasteiger partial charge in [-0.3, -0.25) is 4.79 Å². The van der Waals surface area contributed by atoms with E-state index >= 15 is 0 Å². The molecule has 0 amide bonds. The zero-order valence-electron chi connectivity index (χ0n) is 11.9. The molecule has 1 fully saturated rings. The summed E-state index contributed by atoms with van der Waals surface area (Å²) >= 11 is 6.07. The van der Waals surface area contributed by atoms with Crippen molar-refractivity contribution in [1.82, 2.24) is 9.78 Å². The summed E-state index contributed by atoms with van der Waals surface area (Å²) in [6.45, 7) is 4.20. The van der Waals surface area contributed by atoms with Crippen molar-refractivity contribution in [3.63, 3.8) is 0 Å². The van der Waals surface area contributed by atoms with Gasteiger partial charge in [0.1, 0.15) is 5.02 Å². The number of aromatic nitrogens is 2. The Morgan fingerprint density at radius 1 is 1.65 bits per heavy atom. The van der Waals surface area contributed by atoms with Gasteiger partial charge in [0.05, 0.1) is 31.1 Å². The fourth-order valence-electron chi connectivity index (χ4n) is 2.54. The second-order valence-corrected chi connectivity index (χ2v) is 5.98. The number of methoxy groups -OCH3 is 1. The van der Waals surface area contributed by atoms with Crippen LogP contribution < -0.4 is 10.9 Å². The minimum absolute atomic E-state index is 0.0297. The van der Waals surface area contributed by atoms with Crippen molar-refractivity contribution in [3.05, 3.63) is 21.6 Å². The Kier molecular flexibility index (Phi) is 4.36. The molecule has 1 aromatic heterocycles. The van der Waals surface area contributed by atoms with Gasteiger partial charge in [-0.25, -0.2) is 4.68 Å². The van der Waals surface area contributed by atoms with Gasteiger partial charge in [-0.2, -0.15) is 5.10 Å². The van der Waals surface area contributed by atoms with Crippen molar-refractivity contribution in [1.29, 1.82) is 0 Å². The van der Waals surface area contributed by atoms with Gasteiger partial charge in [-0.15, -0.1) is 0 Å². The van der Waals surface area contributed by atoms with Crippen LogP contribution in [0.4, 0.5) is 5.69 Å². The molecule has 1 aliphatic carbocycles. The smallest absolute Gasteiger partial charge is 0.287 e. The fourth-order valence-corrected chi connectivity index (χ4v) is 2.74. The zero-order chi connectivity index (χ0) is 14.9. The highest BCUT2D eigenvalue weighted by Gasteiger charge is 2.48. The molecule has 6 nitrogen and oxygen atoms in total. The zero-order valence-corrected chi connectivity index (χ0v) is 12.6. The minimum atomic E-state index is -0.397. The first-order valence-electron chi connectivity index (χ1n) is 6.57. The molecule has 0 bridgehead atoms. The molecule has 0 aromatic carbocycles. The Bertz CT molecular complexity index is 544. The summed E-state index contributed by atoms with van der Waals surface area (Å²) in [4.78, 5) is 11.9. The molecule has 7 heteroatoms. The van der Waals surface area contributed by atoms with Crippen LogP contribution in [0.3, 0.4) is 0 Å². The number of hydrogen-bond donors (Lipinski definition) is 2. The average Bonchev–Trinajstić information content (AvgIpc) is 2.41. The van der Waals surface area contributed by atoms with E-state index in [0.29, 0.717) is 5.69 Å². The number of nitrogens with one attached hydrogen (secondary N) is 1. The standard InChI is InChI=1S/C13H20ClN3O3/c1-13(2)9(6-10(13)20-3)16-8-7-15-17(4-5-18)12(19)11(8)14/h7,9-10,16,18H,4-6H2,1-3H3. The Balaban J connectivity index is 2.16. The summed E-state index contributed by atoms with van der Waals surface area (Å²) in [5.41, 5.74) is 0.0996. The highest BCUT2D eigenvalue weighted by Crippen LogP contribution is 2.44. The van der Waals surface area contributed by atoms with Gasteiger partial charge in [0.25, 0.3) is 5.56 Å². The van der Waals surface area contributed by atoms with Gasteiger partial charge in [-0.1, -0.05) is 25.4 Å². The van der Waals surface area contributed by atoms with Crippen molar-refractivity contribution in [2.24, 2.45) is 5.41 Å². The average molecular weight is 302 g/mol. The lowest BCUT2D eigenvalue weighted by molar-refractivity contribution is -0.0794. The van der Waals surface area contributed by atoms with E-state index in [9.17, 15) is 4.79 Å². The van der Waals surface area contributed by atoms with Crippen molar-refractivity contribution in [2.75, 3.05) is 19.0 Å². The normalized spacial score (nSPS) is 24.2. The number of halogens is 1. The van der Waals surface area contributed by atoms with Crippen LogP contribution in [0.5, 0.6) is 0 Å². The molecule has 1 aliphatic rings. The Labute approximate surface area is 122 Å². The van der Waals surface area contributed by atoms with Crippen LogP contribution in [-0.4, -0.2) is 40.7 Å². The van der Waals surface area contributed by atoms with Gasteiger partial charge >= 0.3 is 0 Å². The molecule has 2 rings (SSSR count). The summed E-state index contributed by atoms with van der Waals surface area (Å²) in [5, 5.41) is 16.2. The van der Waals surface area contributed by atoms with Gasteiger partial charge in [-0.05, 0) is 6.42 Å². The van der Waals surface area contributed by atoms with Crippen molar-refractivity contribution >= 4 is 17.3 Å². The third-order valence-corrected chi connectivity index (χ3v) is 4.45. The predicted octanol–water partition coefficient (Wildman–Crippen LogP) is 1.11. The first kappa shape index (κ1) is 15.3. The third-order valence-electron chi connectivity index (χ3n) is 4.09. The summed E-state index contributed by atoms with van der Waals surface area (Å²) in [6.07, 6.45) is 2.58. The lowest BCUT2D eigenvalue weighted by Gasteiger charge is -2.51. The lowest BCUT2D eigenvalue weighted by Crippen LogP contribution is -2.57. The molecule has 0 saturated heterocycles. The summed E-state index contributed by atoms with van der Waals surface area (Å²) in [5.74, 6) is 0.